The summed E-state index contributed by atoms with van der Waals surface area (Å²) >= 11 is 0. The molecule has 0 fully saturated rings. The standard InChI is InChI=1S/C43H30N2Si/c44-31-32-27-28-43(45-41-25-12-10-23-38(41)39-24-11-13-26-42(39)45)40(29-32)33-15-14-22-37(30-33)46(34-16-4-1-5-17-34,35-18-6-2-7-19-35)36-20-8-3-9-21-36/h1-30H. The topological polar surface area (TPSA) is 28.7 Å². The van der Waals surface area contributed by atoms with Gasteiger partial charge in [0.2, 0.25) is 0 Å². The first-order valence-corrected chi connectivity index (χ1v) is 17.6. The lowest BCUT2D eigenvalue weighted by atomic mass is 10.0. The van der Waals surface area contributed by atoms with E-state index in [1.54, 1.807) is 0 Å². The third-order valence-corrected chi connectivity index (χ3v) is 13.9. The van der Waals surface area contributed by atoms with Crippen molar-refractivity contribution in [3.05, 3.63) is 188 Å². The van der Waals surface area contributed by atoms with E-state index in [0.717, 1.165) is 27.8 Å². The van der Waals surface area contributed by atoms with E-state index in [2.05, 4.69) is 187 Å². The third kappa shape index (κ3) is 4.39. The highest BCUT2D eigenvalue weighted by Crippen LogP contribution is 2.36. The Hall–Kier alpha value is -5.95. The van der Waals surface area contributed by atoms with Crippen molar-refractivity contribution in [1.29, 1.82) is 5.26 Å². The fraction of sp³-hybridized carbons (Fsp3) is 0. The Morgan fingerprint density at radius 2 is 0.913 bits per heavy atom. The van der Waals surface area contributed by atoms with Crippen molar-refractivity contribution in [1.82, 2.24) is 4.57 Å². The summed E-state index contributed by atoms with van der Waals surface area (Å²) in [5.74, 6) is 0. The number of hydrogen-bond acceptors (Lipinski definition) is 1. The van der Waals surface area contributed by atoms with Gasteiger partial charge in [-0.05, 0) is 56.6 Å². The summed E-state index contributed by atoms with van der Waals surface area (Å²) in [4.78, 5) is 0. The number of nitriles is 1. The molecule has 0 saturated heterocycles. The average Bonchev–Trinajstić information content (AvgIpc) is 3.47. The van der Waals surface area contributed by atoms with Crippen molar-refractivity contribution in [2.45, 2.75) is 0 Å². The molecule has 0 saturated carbocycles. The number of rotatable bonds is 6. The molecule has 7 aromatic carbocycles. The van der Waals surface area contributed by atoms with E-state index in [4.69, 9.17) is 0 Å². The van der Waals surface area contributed by atoms with Gasteiger partial charge in [0.15, 0.2) is 8.07 Å². The van der Waals surface area contributed by atoms with Crippen molar-refractivity contribution in [3.8, 4) is 22.9 Å². The Morgan fingerprint density at radius 1 is 0.435 bits per heavy atom. The van der Waals surface area contributed by atoms with E-state index < -0.39 is 8.07 Å². The van der Waals surface area contributed by atoms with Crippen molar-refractivity contribution in [2.75, 3.05) is 0 Å². The summed E-state index contributed by atoms with van der Waals surface area (Å²) in [6.45, 7) is 0. The maximum absolute atomic E-state index is 10.1. The van der Waals surface area contributed by atoms with Crippen LogP contribution in [0.2, 0.25) is 0 Å². The van der Waals surface area contributed by atoms with Gasteiger partial charge >= 0.3 is 0 Å². The SMILES string of the molecule is N#Cc1ccc(-n2c3ccccc3c3ccccc32)c(-c2cccc([Si](c3ccccc3)(c3ccccc3)c3ccccc3)c2)c1. The summed E-state index contributed by atoms with van der Waals surface area (Å²) in [5, 5.41) is 17.8. The molecule has 46 heavy (non-hydrogen) atoms. The van der Waals surface area contributed by atoms with Gasteiger partial charge in [0, 0.05) is 16.3 Å². The number of hydrogen-bond donors (Lipinski definition) is 0. The Labute approximate surface area is 270 Å². The van der Waals surface area contributed by atoms with Gasteiger partial charge in [-0.15, -0.1) is 0 Å². The van der Waals surface area contributed by atoms with E-state index in [1.807, 2.05) is 6.07 Å². The van der Waals surface area contributed by atoms with Crippen LogP contribution in [0.1, 0.15) is 5.56 Å². The Kier molecular flexibility index (Phi) is 6.91. The predicted molar refractivity (Wildman–Crippen MR) is 195 cm³/mol. The highest BCUT2D eigenvalue weighted by molar-refractivity contribution is 7.19. The molecular formula is C43H30N2Si. The molecule has 3 heteroatoms. The molecular weight excluding hydrogens is 573 g/mol. The summed E-state index contributed by atoms with van der Waals surface area (Å²) < 4.78 is 2.35. The van der Waals surface area contributed by atoms with Crippen LogP contribution in [0.15, 0.2) is 182 Å². The molecule has 0 unspecified atom stereocenters. The van der Waals surface area contributed by atoms with Crippen molar-refractivity contribution >= 4 is 50.6 Å². The van der Waals surface area contributed by atoms with E-state index >= 15 is 0 Å². The monoisotopic (exact) mass is 602 g/mol. The molecule has 0 N–H and O–H groups in total. The second-order valence-electron chi connectivity index (χ2n) is 11.6. The molecule has 0 spiro atoms. The summed E-state index contributed by atoms with van der Waals surface area (Å²) in [6, 6.07) is 67.7. The van der Waals surface area contributed by atoms with E-state index in [1.165, 1.54) is 31.5 Å². The molecule has 1 heterocycles. The van der Waals surface area contributed by atoms with Gasteiger partial charge in [-0.2, -0.15) is 5.26 Å². The predicted octanol–water partition coefficient (Wildman–Crippen LogP) is 7.70. The van der Waals surface area contributed by atoms with Gasteiger partial charge in [-0.3, -0.25) is 0 Å². The lowest BCUT2D eigenvalue weighted by Gasteiger charge is -2.34. The van der Waals surface area contributed by atoms with Gasteiger partial charge in [0.05, 0.1) is 28.4 Å². The molecule has 0 aliphatic carbocycles. The molecule has 8 aromatic rings. The number of benzene rings is 7. The minimum Gasteiger partial charge on any atom is -0.309 e. The molecule has 8 rings (SSSR count). The number of nitrogens with zero attached hydrogens (tertiary/aromatic N) is 2. The lowest BCUT2D eigenvalue weighted by Crippen LogP contribution is -2.74. The lowest BCUT2D eigenvalue weighted by molar-refractivity contribution is 1.18. The van der Waals surface area contributed by atoms with Crippen LogP contribution >= 0.6 is 0 Å². The van der Waals surface area contributed by atoms with Crippen LogP contribution in [0.4, 0.5) is 0 Å². The normalized spacial score (nSPS) is 11.5. The molecule has 0 atom stereocenters. The van der Waals surface area contributed by atoms with E-state index in [9.17, 15) is 5.26 Å². The van der Waals surface area contributed by atoms with E-state index in [0.29, 0.717) is 5.56 Å². The zero-order valence-corrected chi connectivity index (χ0v) is 26.2. The van der Waals surface area contributed by atoms with Crippen LogP contribution in [-0.2, 0) is 0 Å². The Bertz CT molecular complexity index is 2220. The van der Waals surface area contributed by atoms with Crippen LogP contribution in [0.25, 0.3) is 38.6 Å². The number of aromatic nitrogens is 1. The number of para-hydroxylation sites is 2. The molecule has 0 aliphatic rings. The van der Waals surface area contributed by atoms with E-state index in [-0.39, 0.29) is 0 Å². The summed E-state index contributed by atoms with van der Waals surface area (Å²) in [6.07, 6.45) is 0. The molecule has 216 valence electrons. The average molecular weight is 603 g/mol. The molecule has 0 radical (unpaired) electrons. The van der Waals surface area contributed by atoms with Crippen molar-refractivity contribution in [2.24, 2.45) is 0 Å². The second kappa shape index (κ2) is 11.5. The number of fused-ring (bicyclic) bond motifs is 3. The largest absolute Gasteiger partial charge is 0.309 e. The minimum absolute atomic E-state index is 0.641. The Morgan fingerprint density at radius 3 is 1.43 bits per heavy atom. The minimum atomic E-state index is -2.73. The quantitative estimate of drug-likeness (QED) is 0.142. The fourth-order valence-corrected chi connectivity index (χ4v) is 12.0. The zero-order valence-electron chi connectivity index (χ0n) is 25.2. The van der Waals surface area contributed by atoms with Gasteiger partial charge < -0.3 is 4.57 Å². The first-order valence-electron chi connectivity index (χ1n) is 15.6. The Balaban J connectivity index is 1.44. The molecule has 0 amide bonds. The highest BCUT2D eigenvalue weighted by atomic mass is 28.3. The van der Waals surface area contributed by atoms with Gasteiger partial charge in [-0.1, -0.05) is 152 Å². The van der Waals surface area contributed by atoms with Gasteiger partial charge in [-0.25, -0.2) is 0 Å². The molecule has 2 nitrogen and oxygen atoms in total. The zero-order chi connectivity index (χ0) is 30.9. The molecule has 1 aromatic heterocycles. The maximum atomic E-state index is 10.1. The van der Waals surface area contributed by atoms with Crippen LogP contribution in [0, 0.1) is 11.3 Å². The fourth-order valence-electron chi connectivity index (χ4n) is 7.20. The third-order valence-electron chi connectivity index (χ3n) is 9.17. The van der Waals surface area contributed by atoms with Crippen LogP contribution < -0.4 is 20.7 Å². The smallest absolute Gasteiger partial charge is 0.179 e. The maximum Gasteiger partial charge on any atom is 0.179 e. The van der Waals surface area contributed by atoms with Crippen molar-refractivity contribution < 1.29 is 0 Å². The van der Waals surface area contributed by atoms with Crippen LogP contribution in [0.3, 0.4) is 0 Å². The first-order chi connectivity index (χ1) is 22.8. The van der Waals surface area contributed by atoms with Crippen molar-refractivity contribution in [3.63, 3.8) is 0 Å². The van der Waals surface area contributed by atoms with Gasteiger partial charge in [0.1, 0.15) is 0 Å². The highest BCUT2D eigenvalue weighted by Gasteiger charge is 2.41. The second-order valence-corrected chi connectivity index (χ2v) is 15.5. The van der Waals surface area contributed by atoms with Gasteiger partial charge in [0.25, 0.3) is 0 Å². The van der Waals surface area contributed by atoms with Crippen LogP contribution in [0.5, 0.6) is 0 Å². The molecule has 0 bridgehead atoms. The van der Waals surface area contributed by atoms with Crippen LogP contribution in [-0.4, -0.2) is 12.6 Å². The summed E-state index contributed by atoms with van der Waals surface area (Å²) in [5.41, 5.74) is 6.11. The first kappa shape index (κ1) is 27.6. The molecule has 0 aliphatic heterocycles. The summed E-state index contributed by atoms with van der Waals surface area (Å²) in [7, 11) is -2.73.